The molecule has 0 aliphatic carbocycles. The Morgan fingerprint density at radius 1 is 1.08 bits per heavy atom. The number of hydrogen-bond acceptors (Lipinski definition) is 5. The Balaban J connectivity index is 1.79. The van der Waals surface area contributed by atoms with Crippen LogP contribution in [0.5, 0.6) is 0 Å². The number of aromatic nitrogens is 2. The number of carbonyl (C=O) groups is 1. The molecule has 1 amide bonds. The van der Waals surface area contributed by atoms with Gasteiger partial charge >= 0.3 is 0 Å². The fourth-order valence-corrected chi connectivity index (χ4v) is 4.81. The van der Waals surface area contributed by atoms with Crippen LogP contribution in [0.1, 0.15) is 34.1 Å². The van der Waals surface area contributed by atoms with Gasteiger partial charge in [-0.15, -0.1) is 0 Å². The zero-order valence-corrected chi connectivity index (χ0v) is 22.0. The standard InChI is InChI=1S/C27H33ClFN5O2/c1-17(2)30-25(35)16-34-26(19-6-8-23(29)22(28)14-19)31-24-9-7-20(15-21(24)27(34)36)33-11-5-10-32(12-13-33)18(3)4/h6-9,14-15,17-18H,5,10-13,16H2,1-4H3,(H,30,35). The van der Waals surface area contributed by atoms with Crippen LogP contribution in [0.3, 0.4) is 0 Å². The van der Waals surface area contributed by atoms with Crippen LogP contribution < -0.4 is 15.8 Å². The van der Waals surface area contributed by atoms with Gasteiger partial charge in [-0.05, 0) is 70.5 Å². The van der Waals surface area contributed by atoms with E-state index in [0.29, 0.717) is 22.5 Å². The van der Waals surface area contributed by atoms with Crippen molar-refractivity contribution < 1.29 is 9.18 Å². The van der Waals surface area contributed by atoms with Crippen molar-refractivity contribution in [1.29, 1.82) is 0 Å². The van der Waals surface area contributed by atoms with Gasteiger partial charge in [0.15, 0.2) is 0 Å². The monoisotopic (exact) mass is 513 g/mol. The minimum Gasteiger partial charge on any atom is -0.370 e. The summed E-state index contributed by atoms with van der Waals surface area (Å²) in [5, 5.41) is 3.18. The van der Waals surface area contributed by atoms with E-state index in [-0.39, 0.29) is 34.9 Å². The summed E-state index contributed by atoms with van der Waals surface area (Å²) in [5.74, 6) is -0.602. The normalized spacial score (nSPS) is 15.1. The van der Waals surface area contributed by atoms with Crippen molar-refractivity contribution in [2.24, 2.45) is 0 Å². The first-order chi connectivity index (χ1) is 17.1. The molecular weight excluding hydrogens is 481 g/mol. The highest BCUT2D eigenvalue weighted by Gasteiger charge is 2.20. The van der Waals surface area contributed by atoms with Crippen molar-refractivity contribution in [3.63, 3.8) is 0 Å². The van der Waals surface area contributed by atoms with Gasteiger partial charge in [-0.1, -0.05) is 11.6 Å². The highest BCUT2D eigenvalue weighted by atomic mass is 35.5. The third-order valence-corrected chi connectivity index (χ3v) is 6.78. The molecule has 0 atom stereocenters. The van der Waals surface area contributed by atoms with Crippen LogP contribution in [0.15, 0.2) is 41.2 Å². The number of hydrogen-bond donors (Lipinski definition) is 1. The Morgan fingerprint density at radius 2 is 1.86 bits per heavy atom. The summed E-state index contributed by atoms with van der Waals surface area (Å²) in [7, 11) is 0. The van der Waals surface area contributed by atoms with Gasteiger partial charge in [0, 0.05) is 49.5 Å². The van der Waals surface area contributed by atoms with E-state index in [1.807, 2.05) is 32.0 Å². The van der Waals surface area contributed by atoms with Gasteiger partial charge in [-0.3, -0.25) is 19.1 Å². The average molecular weight is 514 g/mol. The minimum absolute atomic E-state index is 0.0769. The molecule has 192 valence electrons. The largest absolute Gasteiger partial charge is 0.370 e. The molecule has 7 nitrogen and oxygen atoms in total. The lowest BCUT2D eigenvalue weighted by Crippen LogP contribution is -2.37. The van der Waals surface area contributed by atoms with E-state index in [4.69, 9.17) is 16.6 Å². The molecule has 1 saturated heterocycles. The molecule has 0 radical (unpaired) electrons. The number of nitrogens with zero attached hydrogens (tertiary/aromatic N) is 4. The molecule has 0 spiro atoms. The molecule has 36 heavy (non-hydrogen) atoms. The quantitative estimate of drug-likeness (QED) is 0.532. The van der Waals surface area contributed by atoms with E-state index < -0.39 is 5.82 Å². The second-order valence-corrected chi connectivity index (χ2v) is 10.3. The van der Waals surface area contributed by atoms with Crippen LogP contribution in [-0.4, -0.2) is 58.6 Å². The highest BCUT2D eigenvalue weighted by molar-refractivity contribution is 6.31. The SMILES string of the molecule is CC(C)NC(=O)Cn1c(-c2ccc(F)c(Cl)c2)nc2ccc(N3CCCN(C(C)C)CC3)cc2c1=O. The molecular formula is C27H33ClFN5O2. The van der Waals surface area contributed by atoms with Crippen LogP contribution >= 0.6 is 11.6 Å². The summed E-state index contributed by atoms with van der Waals surface area (Å²) >= 11 is 6.02. The second kappa shape index (κ2) is 11.0. The lowest BCUT2D eigenvalue weighted by Gasteiger charge is -2.26. The van der Waals surface area contributed by atoms with Crippen LogP contribution in [-0.2, 0) is 11.3 Å². The summed E-state index contributed by atoms with van der Waals surface area (Å²) in [6.07, 6.45) is 1.04. The molecule has 1 N–H and O–H groups in total. The van der Waals surface area contributed by atoms with Gasteiger partial charge in [0.1, 0.15) is 18.2 Å². The van der Waals surface area contributed by atoms with E-state index in [9.17, 15) is 14.0 Å². The third-order valence-electron chi connectivity index (χ3n) is 6.49. The topological polar surface area (TPSA) is 70.5 Å². The smallest absolute Gasteiger partial charge is 0.262 e. The van der Waals surface area contributed by atoms with Crippen molar-refractivity contribution in [2.75, 3.05) is 31.1 Å². The molecule has 0 bridgehead atoms. The second-order valence-electron chi connectivity index (χ2n) is 9.85. The number of rotatable bonds is 6. The number of fused-ring (bicyclic) bond motifs is 1. The number of amides is 1. The Kier molecular flexibility index (Phi) is 7.95. The van der Waals surface area contributed by atoms with Gasteiger partial charge in [0.2, 0.25) is 5.91 Å². The van der Waals surface area contributed by atoms with E-state index in [2.05, 4.69) is 29.0 Å². The van der Waals surface area contributed by atoms with Crippen LogP contribution in [0, 0.1) is 5.82 Å². The molecule has 2 aromatic carbocycles. The van der Waals surface area contributed by atoms with E-state index in [1.165, 1.54) is 22.8 Å². The molecule has 2 heterocycles. The zero-order chi connectivity index (χ0) is 26.0. The van der Waals surface area contributed by atoms with Crippen LogP contribution in [0.25, 0.3) is 22.3 Å². The van der Waals surface area contributed by atoms with Crippen molar-refractivity contribution >= 4 is 34.1 Å². The van der Waals surface area contributed by atoms with Crippen molar-refractivity contribution in [2.45, 2.75) is 52.7 Å². The molecule has 3 aromatic rings. The lowest BCUT2D eigenvalue weighted by molar-refractivity contribution is -0.122. The number of halogens is 2. The fourth-order valence-electron chi connectivity index (χ4n) is 4.63. The van der Waals surface area contributed by atoms with Crippen molar-refractivity contribution in [3.8, 4) is 11.4 Å². The first-order valence-corrected chi connectivity index (χ1v) is 12.8. The molecule has 1 aliphatic rings. The maximum atomic E-state index is 13.8. The summed E-state index contributed by atoms with van der Waals surface area (Å²) in [5.41, 5.74) is 1.61. The maximum absolute atomic E-state index is 13.8. The number of nitrogens with one attached hydrogen (secondary N) is 1. The summed E-state index contributed by atoms with van der Waals surface area (Å²) < 4.78 is 15.2. The molecule has 1 fully saturated rings. The molecule has 9 heteroatoms. The first-order valence-electron chi connectivity index (χ1n) is 12.4. The number of anilines is 1. The van der Waals surface area contributed by atoms with Gasteiger partial charge in [0.05, 0.1) is 15.9 Å². The first kappa shape index (κ1) is 26.1. The summed E-state index contributed by atoms with van der Waals surface area (Å²) in [4.78, 5) is 35.9. The summed E-state index contributed by atoms with van der Waals surface area (Å²) in [6.45, 7) is 11.7. The number of benzene rings is 2. The van der Waals surface area contributed by atoms with Crippen LogP contribution in [0.4, 0.5) is 10.1 Å². The zero-order valence-electron chi connectivity index (χ0n) is 21.2. The van der Waals surface area contributed by atoms with E-state index in [1.54, 1.807) is 0 Å². The molecule has 1 aliphatic heterocycles. The molecule has 1 aromatic heterocycles. The predicted molar refractivity (Wildman–Crippen MR) is 143 cm³/mol. The Morgan fingerprint density at radius 3 is 2.56 bits per heavy atom. The lowest BCUT2D eigenvalue weighted by atomic mass is 10.1. The van der Waals surface area contributed by atoms with E-state index in [0.717, 1.165) is 38.3 Å². The Bertz CT molecular complexity index is 1320. The predicted octanol–water partition coefficient (Wildman–Crippen LogP) is 4.30. The van der Waals surface area contributed by atoms with E-state index >= 15 is 0 Å². The fraction of sp³-hybridized carbons (Fsp3) is 0.444. The van der Waals surface area contributed by atoms with Crippen molar-refractivity contribution in [1.82, 2.24) is 19.8 Å². The van der Waals surface area contributed by atoms with Gasteiger partial charge in [-0.25, -0.2) is 9.37 Å². The molecule has 4 rings (SSSR count). The molecule has 0 unspecified atom stereocenters. The number of carbonyl (C=O) groups excluding carboxylic acids is 1. The Labute approximate surface area is 215 Å². The van der Waals surface area contributed by atoms with Gasteiger partial charge < -0.3 is 10.2 Å². The Hall–Kier alpha value is -2.97. The molecule has 0 saturated carbocycles. The highest BCUT2D eigenvalue weighted by Crippen LogP contribution is 2.26. The average Bonchev–Trinajstić information content (AvgIpc) is 3.08. The maximum Gasteiger partial charge on any atom is 0.262 e. The van der Waals surface area contributed by atoms with Crippen molar-refractivity contribution in [3.05, 3.63) is 57.6 Å². The van der Waals surface area contributed by atoms with Gasteiger partial charge in [0.25, 0.3) is 5.56 Å². The summed E-state index contributed by atoms with van der Waals surface area (Å²) in [6, 6.07) is 10.3. The third kappa shape index (κ3) is 5.71. The van der Waals surface area contributed by atoms with Crippen LogP contribution in [0.2, 0.25) is 5.02 Å². The minimum atomic E-state index is -0.564. The van der Waals surface area contributed by atoms with Gasteiger partial charge in [-0.2, -0.15) is 0 Å².